The first-order chi connectivity index (χ1) is 17.2. The van der Waals surface area contributed by atoms with E-state index in [0.717, 1.165) is 42.0 Å². The van der Waals surface area contributed by atoms with Gasteiger partial charge in [0.1, 0.15) is 34.8 Å². The molecule has 4 aromatic rings. The molecule has 0 aliphatic carbocycles. The largest absolute Gasteiger partial charge is 0.457 e. The van der Waals surface area contributed by atoms with Gasteiger partial charge in [-0.15, -0.1) is 0 Å². The summed E-state index contributed by atoms with van der Waals surface area (Å²) < 4.78 is 61.1. The Hall–Kier alpha value is -4.66. The molecule has 9 heteroatoms. The van der Waals surface area contributed by atoms with Crippen LogP contribution in [0.1, 0.15) is 26.3 Å². The molecule has 0 radical (unpaired) electrons. The Morgan fingerprint density at radius 1 is 0.667 bits per heavy atom. The normalized spacial score (nSPS) is 10.6. The third-order valence-corrected chi connectivity index (χ3v) is 5.09. The fourth-order valence-electron chi connectivity index (χ4n) is 3.34. The molecule has 0 fully saturated rings. The molecule has 0 saturated heterocycles. The smallest absolute Gasteiger partial charge is 0.258 e. The van der Waals surface area contributed by atoms with Crippen LogP contribution in [0.15, 0.2) is 78.9 Å². The van der Waals surface area contributed by atoms with E-state index in [4.69, 9.17) is 4.74 Å². The zero-order valence-corrected chi connectivity index (χ0v) is 18.7. The number of amides is 2. The Morgan fingerprint density at radius 3 is 1.67 bits per heavy atom. The molecule has 36 heavy (non-hydrogen) atoms. The molecule has 0 aliphatic heterocycles. The number of halogens is 4. The Morgan fingerprint density at radius 2 is 1.17 bits per heavy atom. The molecule has 182 valence electrons. The molecule has 0 saturated carbocycles. The minimum Gasteiger partial charge on any atom is -0.457 e. The van der Waals surface area contributed by atoms with Gasteiger partial charge in [0.2, 0.25) is 0 Å². The molecule has 4 rings (SSSR count). The Labute approximate surface area is 203 Å². The van der Waals surface area contributed by atoms with Crippen LogP contribution in [0.3, 0.4) is 0 Å². The maximum Gasteiger partial charge on any atom is 0.258 e. The predicted molar refractivity (Wildman–Crippen MR) is 126 cm³/mol. The van der Waals surface area contributed by atoms with Crippen LogP contribution in [0, 0.1) is 30.2 Å². The third-order valence-electron chi connectivity index (χ3n) is 5.09. The lowest BCUT2D eigenvalue weighted by Gasteiger charge is -2.14. The van der Waals surface area contributed by atoms with Gasteiger partial charge in [0.15, 0.2) is 0 Å². The zero-order valence-electron chi connectivity index (χ0n) is 18.7. The number of benzene rings is 4. The van der Waals surface area contributed by atoms with Crippen molar-refractivity contribution < 1.29 is 31.9 Å². The summed E-state index contributed by atoms with van der Waals surface area (Å²) in [5.41, 5.74) is -0.156. The molecule has 5 nitrogen and oxygen atoms in total. The van der Waals surface area contributed by atoms with Crippen LogP contribution in [0.5, 0.6) is 11.5 Å². The molecule has 2 amide bonds. The predicted octanol–water partition coefficient (Wildman–Crippen LogP) is 6.85. The van der Waals surface area contributed by atoms with Crippen molar-refractivity contribution in [1.29, 1.82) is 0 Å². The molecule has 4 aromatic carbocycles. The van der Waals surface area contributed by atoms with Crippen molar-refractivity contribution in [3.63, 3.8) is 0 Å². The molecule has 0 aliphatic rings. The summed E-state index contributed by atoms with van der Waals surface area (Å²) in [7, 11) is 0. The van der Waals surface area contributed by atoms with Crippen molar-refractivity contribution in [2.75, 3.05) is 10.6 Å². The first-order valence-electron chi connectivity index (χ1n) is 10.6. The molecule has 2 N–H and O–H groups in total. The molecule has 0 spiro atoms. The summed E-state index contributed by atoms with van der Waals surface area (Å²) in [4.78, 5) is 25.2. The Balaban J connectivity index is 1.68. The van der Waals surface area contributed by atoms with Crippen molar-refractivity contribution in [3.05, 3.63) is 119 Å². The lowest BCUT2D eigenvalue weighted by Crippen LogP contribution is -2.16. The topological polar surface area (TPSA) is 67.4 Å². The minimum atomic E-state index is -0.950. The fourth-order valence-corrected chi connectivity index (χ4v) is 3.34. The average Bonchev–Trinajstić information content (AvgIpc) is 2.83. The Kier molecular flexibility index (Phi) is 7.00. The maximum atomic E-state index is 14.1. The van der Waals surface area contributed by atoms with E-state index < -0.39 is 46.2 Å². The standard InChI is InChI=1S/C27H18F4N2O3/c1-15-4-2-3-5-25(15)36-20-13-18(32-26(34)21-10-16(28)6-8-23(21)30)12-19(14-20)33-27(35)22-11-17(29)7-9-24(22)31/h2-14H,1H3,(H,32,34)(H,33,35). The van der Waals surface area contributed by atoms with Gasteiger partial charge in [-0.2, -0.15) is 0 Å². The third kappa shape index (κ3) is 5.69. The van der Waals surface area contributed by atoms with Crippen molar-refractivity contribution >= 4 is 23.2 Å². The second-order valence-corrected chi connectivity index (χ2v) is 7.77. The van der Waals surface area contributed by atoms with Gasteiger partial charge >= 0.3 is 0 Å². The van der Waals surface area contributed by atoms with Crippen molar-refractivity contribution in [1.82, 2.24) is 0 Å². The quantitative estimate of drug-likeness (QED) is 0.288. The number of ether oxygens (including phenoxy) is 1. The van der Waals surface area contributed by atoms with Crippen molar-refractivity contribution in [2.24, 2.45) is 0 Å². The summed E-state index contributed by atoms with van der Waals surface area (Å²) in [6.45, 7) is 1.81. The molecule has 0 heterocycles. The van der Waals surface area contributed by atoms with Crippen LogP contribution >= 0.6 is 0 Å². The van der Waals surface area contributed by atoms with Gasteiger partial charge in [-0.1, -0.05) is 18.2 Å². The molecular weight excluding hydrogens is 476 g/mol. The van der Waals surface area contributed by atoms with Crippen LogP contribution in [-0.4, -0.2) is 11.8 Å². The minimum absolute atomic E-state index is 0.0600. The van der Waals surface area contributed by atoms with Crippen molar-refractivity contribution in [2.45, 2.75) is 6.92 Å². The number of carbonyl (C=O) groups is 2. The number of aryl methyl sites for hydroxylation is 1. The summed E-state index contributed by atoms with van der Waals surface area (Å²) in [6.07, 6.45) is 0. The lowest BCUT2D eigenvalue weighted by atomic mass is 10.1. The molecule has 0 atom stereocenters. The maximum absolute atomic E-state index is 14.1. The average molecular weight is 494 g/mol. The van der Waals surface area contributed by atoms with Gasteiger partial charge in [0, 0.05) is 23.5 Å². The molecule has 0 bridgehead atoms. The Bertz CT molecular complexity index is 1390. The van der Waals surface area contributed by atoms with Gasteiger partial charge in [-0.05, 0) is 61.0 Å². The van der Waals surface area contributed by atoms with Crippen molar-refractivity contribution in [3.8, 4) is 11.5 Å². The highest BCUT2D eigenvalue weighted by atomic mass is 19.1. The van der Waals surface area contributed by atoms with Gasteiger partial charge in [0.05, 0.1) is 11.1 Å². The van der Waals surface area contributed by atoms with E-state index >= 15 is 0 Å². The second kappa shape index (κ2) is 10.3. The number of nitrogens with one attached hydrogen (secondary N) is 2. The van der Waals surface area contributed by atoms with Crippen LogP contribution < -0.4 is 15.4 Å². The SMILES string of the molecule is Cc1ccccc1Oc1cc(NC(=O)c2cc(F)ccc2F)cc(NC(=O)c2cc(F)ccc2F)c1. The van der Waals surface area contributed by atoms with Gasteiger partial charge in [0.25, 0.3) is 11.8 Å². The summed E-state index contributed by atoms with van der Waals surface area (Å²) in [5, 5.41) is 4.86. The highest BCUT2D eigenvalue weighted by Crippen LogP contribution is 2.31. The number of para-hydroxylation sites is 1. The number of hydrogen-bond acceptors (Lipinski definition) is 3. The number of hydrogen-bond donors (Lipinski definition) is 2. The van der Waals surface area contributed by atoms with Crippen LogP contribution in [0.4, 0.5) is 28.9 Å². The first-order valence-corrected chi connectivity index (χ1v) is 10.6. The molecular formula is C27H18F4N2O3. The summed E-state index contributed by atoms with van der Waals surface area (Å²) >= 11 is 0. The summed E-state index contributed by atoms with van der Waals surface area (Å²) in [6, 6.07) is 16.1. The monoisotopic (exact) mass is 494 g/mol. The second-order valence-electron chi connectivity index (χ2n) is 7.77. The fraction of sp³-hybridized carbons (Fsp3) is 0.0370. The van der Waals surface area contributed by atoms with Gasteiger partial charge < -0.3 is 15.4 Å². The van der Waals surface area contributed by atoms with E-state index in [1.807, 2.05) is 19.1 Å². The molecule has 0 unspecified atom stereocenters. The van der Waals surface area contributed by atoms with Gasteiger partial charge in [-0.3, -0.25) is 9.59 Å². The molecule has 0 aromatic heterocycles. The van der Waals surface area contributed by atoms with Gasteiger partial charge in [-0.25, -0.2) is 17.6 Å². The highest BCUT2D eigenvalue weighted by Gasteiger charge is 2.17. The van der Waals surface area contributed by atoms with Crippen LogP contribution in [0.25, 0.3) is 0 Å². The first kappa shape index (κ1) is 24.5. The van der Waals surface area contributed by atoms with E-state index in [0.29, 0.717) is 5.75 Å². The van der Waals surface area contributed by atoms with Crippen LogP contribution in [-0.2, 0) is 0 Å². The van der Waals surface area contributed by atoms with Crippen LogP contribution in [0.2, 0.25) is 0 Å². The highest BCUT2D eigenvalue weighted by molar-refractivity contribution is 6.07. The zero-order chi connectivity index (χ0) is 25.8. The van der Waals surface area contributed by atoms with E-state index in [1.54, 1.807) is 12.1 Å². The van der Waals surface area contributed by atoms with E-state index in [2.05, 4.69) is 10.6 Å². The van der Waals surface area contributed by atoms with E-state index in [-0.39, 0.29) is 17.1 Å². The lowest BCUT2D eigenvalue weighted by molar-refractivity contribution is 0.101. The van der Waals surface area contributed by atoms with E-state index in [9.17, 15) is 27.2 Å². The van der Waals surface area contributed by atoms with E-state index in [1.165, 1.54) is 18.2 Å². The summed E-state index contributed by atoms with van der Waals surface area (Å²) in [5.74, 6) is -4.73. The number of anilines is 2. The number of carbonyl (C=O) groups excluding carboxylic acids is 2. The number of rotatable bonds is 6.